The SMILES string of the molecule is C=CC[Si](C)(CC=C)c1cc[c]cc1. The Labute approximate surface area is 88.0 Å². The molecule has 1 heteroatoms. The van der Waals surface area contributed by atoms with Crippen molar-refractivity contribution in [2.45, 2.75) is 18.6 Å². The van der Waals surface area contributed by atoms with Gasteiger partial charge in [0.25, 0.3) is 0 Å². The van der Waals surface area contributed by atoms with Crippen LogP contribution < -0.4 is 5.19 Å². The van der Waals surface area contributed by atoms with Gasteiger partial charge in [-0.15, -0.1) is 13.2 Å². The fourth-order valence-electron chi connectivity index (χ4n) is 1.75. The summed E-state index contributed by atoms with van der Waals surface area (Å²) in [7, 11) is -1.38. The van der Waals surface area contributed by atoms with Crippen LogP contribution in [-0.2, 0) is 0 Å². The molecule has 0 nitrogen and oxygen atoms in total. The van der Waals surface area contributed by atoms with E-state index in [1.165, 1.54) is 5.19 Å². The van der Waals surface area contributed by atoms with Gasteiger partial charge in [0, 0.05) is 0 Å². The van der Waals surface area contributed by atoms with Gasteiger partial charge in [-0.2, -0.15) is 0 Å². The van der Waals surface area contributed by atoms with E-state index in [0.29, 0.717) is 0 Å². The molecule has 0 spiro atoms. The fourth-order valence-corrected chi connectivity index (χ4v) is 4.63. The molecule has 0 aliphatic carbocycles. The first-order valence-corrected chi connectivity index (χ1v) is 7.83. The molecule has 0 saturated heterocycles. The standard InChI is InChI=1S/C13H17Si/c1-4-11-14(3,12-5-2)13-9-7-6-8-10-13/h4-5,7-10H,1-2,11-12H2,3H3. The largest absolute Gasteiger partial charge is 0.103 e. The molecule has 1 rings (SSSR count). The molecule has 0 atom stereocenters. The van der Waals surface area contributed by atoms with Crippen molar-refractivity contribution in [3.05, 3.63) is 55.6 Å². The lowest BCUT2D eigenvalue weighted by atomic mass is 10.4. The van der Waals surface area contributed by atoms with Gasteiger partial charge in [0.2, 0.25) is 0 Å². The minimum Gasteiger partial charge on any atom is -0.103 e. The van der Waals surface area contributed by atoms with Crippen molar-refractivity contribution < 1.29 is 0 Å². The molecule has 1 aromatic rings. The maximum Gasteiger partial charge on any atom is 0.0910 e. The van der Waals surface area contributed by atoms with E-state index < -0.39 is 8.07 Å². The van der Waals surface area contributed by atoms with Crippen molar-refractivity contribution in [1.82, 2.24) is 0 Å². The van der Waals surface area contributed by atoms with Crippen LogP contribution in [0.4, 0.5) is 0 Å². The quantitative estimate of drug-likeness (QED) is 0.507. The zero-order valence-electron chi connectivity index (χ0n) is 8.79. The van der Waals surface area contributed by atoms with Crippen molar-refractivity contribution >= 4 is 13.3 Å². The molecule has 0 heterocycles. The smallest absolute Gasteiger partial charge is 0.0910 e. The summed E-state index contributed by atoms with van der Waals surface area (Å²) in [5.74, 6) is 0. The Morgan fingerprint density at radius 1 is 1.21 bits per heavy atom. The van der Waals surface area contributed by atoms with E-state index in [9.17, 15) is 0 Å². The van der Waals surface area contributed by atoms with E-state index in [2.05, 4.69) is 37.9 Å². The molecule has 0 aliphatic heterocycles. The van der Waals surface area contributed by atoms with Gasteiger partial charge in [-0.05, 0) is 18.2 Å². The molecule has 73 valence electrons. The second-order valence-corrected chi connectivity index (χ2v) is 8.35. The Hall–Kier alpha value is -1.08. The van der Waals surface area contributed by atoms with E-state index in [1.54, 1.807) is 0 Å². The van der Waals surface area contributed by atoms with Crippen LogP contribution in [-0.4, -0.2) is 8.07 Å². The highest BCUT2D eigenvalue weighted by Gasteiger charge is 2.25. The van der Waals surface area contributed by atoms with E-state index >= 15 is 0 Å². The predicted molar refractivity (Wildman–Crippen MR) is 66.5 cm³/mol. The lowest BCUT2D eigenvalue weighted by Crippen LogP contribution is -2.43. The van der Waals surface area contributed by atoms with Crippen molar-refractivity contribution in [2.24, 2.45) is 0 Å². The summed E-state index contributed by atoms with van der Waals surface area (Å²) in [6.07, 6.45) is 4.07. The van der Waals surface area contributed by atoms with E-state index in [4.69, 9.17) is 0 Å². The third-order valence-corrected chi connectivity index (χ3v) is 6.71. The van der Waals surface area contributed by atoms with E-state index in [1.807, 2.05) is 24.3 Å². The molecule has 0 unspecified atom stereocenters. The average Bonchev–Trinajstić information content (AvgIpc) is 2.20. The highest BCUT2D eigenvalue weighted by atomic mass is 28.3. The summed E-state index contributed by atoms with van der Waals surface area (Å²) >= 11 is 0. The van der Waals surface area contributed by atoms with Crippen molar-refractivity contribution in [2.75, 3.05) is 0 Å². The molecule has 14 heavy (non-hydrogen) atoms. The van der Waals surface area contributed by atoms with Crippen LogP contribution in [0.3, 0.4) is 0 Å². The Balaban J connectivity index is 2.98. The molecular formula is C13H17Si. The monoisotopic (exact) mass is 201 g/mol. The minimum absolute atomic E-state index is 1.11. The zero-order chi connectivity index (χ0) is 10.4. The molecular weight excluding hydrogens is 184 g/mol. The lowest BCUT2D eigenvalue weighted by Gasteiger charge is -2.25. The van der Waals surface area contributed by atoms with Crippen LogP contribution in [0, 0.1) is 6.07 Å². The first kappa shape index (κ1) is 11.0. The molecule has 0 fully saturated rings. The molecule has 0 saturated carbocycles. The molecule has 0 aliphatic rings. The van der Waals surface area contributed by atoms with Crippen LogP contribution in [0.1, 0.15) is 0 Å². The number of benzene rings is 1. The highest BCUT2D eigenvalue weighted by molar-refractivity contribution is 6.91. The third kappa shape index (κ3) is 2.45. The summed E-state index contributed by atoms with van der Waals surface area (Å²) < 4.78 is 0. The van der Waals surface area contributed by atoms with Gasteiger partial charge in [0.05, 0.1) is 8.07 Å². The van der Waals surface area contributed by atoms with Crippen LogP contribution >= 0.6 is 0 Å². The first-order chi connectivity index (χ1) is 6.73. The first-order valence-electron chi connectivity index (χ1n) is 4.91. The van der Waals surface area contributed by atoms with Crippen molar-refractivity contribution in [1.29, 1.82) is 0 Å². The van der Waals surface area contributed by atoms with E-state index in [-0.39, 0.29) is 0 Å². The summed E-state index contributed by atoms with van der Waals surface area (Å²) in [6, 6.07) is 13.6. The van der Waals surface area contributed by atoms with Crippen molar-refractivity contribution in [3.63, 3.8) is 0 Å². The maximum absolute atomic E-state index is 3.85. The molecule has 0 bridgehead atoms. The minimum atomic E-state index is -1.38. The normalized spacial score (nSPS) is 10.9. The topological polar surface area (TPSA) is 0 Å². The molecule has 0 amide bonds. The van der Waals surface area contributed by atoms with Crippen LogP contribution in [0.25, 0.3) is 0 Å². The van der Waals surface area contributed by atoms with E-state index in [0.717, 1.165) is 12.1 Å². The van der Waals surface area contributed by atoms with Gasteiger partial charge in [0.1, 0.15) is 0 Å². The Morgan fingerprint density at radius 3 is 2.14 bits per heavy atom. The Kier molecular flexibility index (Phi) is 3.90. The second-order valence-electron chi connectivity index (χ2n) is 3.83. The fraction of sp³-hybridized carbons (Fsp3) is 0.231. The molecule has 1 aromatic carbocycles. The van der Waals surface area contributed by atoms with Gasteiger partial charge in [-0.25, -0.2) is 0 Å². The van der Waals surface area contributed by atoms with Gasteiger partial charge in [-0.1, -0.05) is 48.2 Å². The van der Waals surface area contributed by atoms with Gasteiger partial charge in [-0.3, -0.25) is 0 Å². The third-order valence-electron chi connectivity index (χ3n) is 2.60. The average molecular weight is 201 g/mol. The lowest BCUT2D eigenvalue weighted by molar-refractivity contribution is 1.45. The van der Waals surface area contributed by atoms with Gasteiger partial charge >= 0.3 is 0 Å². The van der Waals surface area contributed by atoms with Crippen LogP contribution in [0.15, 0.2) is 49.6 Å². The summed E-state index contributed by atoms with van der Waals surface area (Å²) in [5.41, 5.74) is 0. The van der Waals surface area contributed by atoms with Gasteiger partial charge < -0.3 is 0 Å². The highest BCUT2D eigenvalue weighted by Crippen LogP contribution is 2.16. The summed E-state index contributed by atoms with van der Waals surface area (Å²) in [6.45, 7) is 10.1. The molecule has 1 radical (unpaired) electrons. The Bertz CT molecular complexity index is 290. The maximum atomic E-state index is 3.85. The second kappa shape index (κ2) is 4.96. The summed E-state index contributed by atoms with van der Waals surface area (Å²) in [5, 5.41) is 1.47. The summed E-state index contributed by atoms with van der Waals surface area (Å²) in [4.78, 5) is 0. The number of hydrogen-bond acceptors (Lipinski definition) is 0. The number of rotatable bonds is 5. The van der Waals surface area contributed by atoms with Crippen molar-refractivity contribution in [3.8, 4) is 0 Å². The zero-order valence-corrected chi connectivity index (χ0v) is 9.79. The van der Waals surface area contributed by atoms with Crippen LogP contribution in [0.2, 0.25) is 18.6 Å². The molecule has 0 aromatic heterocycles. The van der Waals surface area contributed by atoms with Crippen LogP contribution in [0.5, 0.6) is 0 Å². The Morgan fingerprint density at radius 2 is 1.71 bits per heavy atom. The molecule has 0 N–H and O–H groups in total. The number of allylic oxidation sites excluding steroid dienone is 2. The predicted octanol–water partition coefficient (Wildman–Crippen LogP) is 3.14. The van der Waals surface area contributed by atoms with Gasteiger partial charge in [0.15, 0.2) is 0 Å². The number of hydrogen-bond donors (Lipinski definition) is 0.